The van der Waals surface area contributed by atoms with Crippen LogP contribution in [0.4, 0.5) is 8.78 Å². The molecule has 0 saturated heterocycles. The van der Waals surface area contributed by atoms with E-state index < -0.39 is 34.9 Å². The molecule has 9 heteroatoms. The third-order valence-corrected chi connectivity index (χ3v) is 4.74. The third kappa shape index (κ3) is 2.87. The maximum atomic E-state index is 13.8. The number of H-pyrrole nitrogens is 1. The van der Waals surface area contributed by atoms with Crippen molar-refractivity contribution in [3.05, 3.63) is 45.4 Å². The molecule has 140 valence electrons. The second-order valence-electron chi connectivity index (χ2n) is 6.38. The molecule has 1 aliphatic heterocycles. The van der Waals surface area contributed by atoms with Crippen LogP contribution >= 0.6 is 0 Å². The lowest BCUT2D eigenvalue weighted by atomic mass is 9.94. The highest BCUT2D eigenvalue weighted by molar-refractivity contribution is 5.88. The van der Waals surface area contributed by atoms with Gasteiger partial charge >= 0.3 is 0 Å². The van der Waals surface area contributed by atoms with Crippen LogP contribution in [0, 0.1) is 11.6 Å². The van der Waals surface area contributed by atoms with E-state index in [1.165, 1.54) is 11.9 Å². The zero-order valence-electron chi connectivity index (χ0n) is 14.3. The molecule has 2 atom stereocenters. The predicted molar refractivity (Wildman–Crippen MR) is 89.1 cm³/mol. The summed E-state index contributed by atoms with van der Waals surface area (Å²) < 4.78 is 32.8. The first kappa shape index (κ1) is 18.4. The van der Waals surface area contributed by atoms with E-state index in [-0.39, 0.29) is 30.4 Å². The molecule has 2 heterocycles. The van der Waals surface area contributed by atoms with Crippen molar-refractivity contribution in [1.82, 2.24) is 9.88 Å². The Hall–Kier alpha value is -2.36. The van der Waals surface area contributed by atoms with Crippen LogP contribution < -0.4 is 11.3 Å². The predicted octanol–water partition coefficient (Wildman–Crippen LogP) is 0.893. The Morgan fingerprint density at radius 3 is 2.65 bits per heavy atom. The summed E-state index contributed by atoms with van der Waals surface area (Å²) in [4.78, 5) is 28.5. The number of aromatic nitrogens is 1. The van der Waals surface area contributed by atoms with Gasteiger partial charge in [0, 0.05) is 18.3 Å². The average molecular weight is 367 g/mol. The summed E-state index contributed by atoms with van der Waals surface area (Å²) in [6, 6.07) is 1.02. The van der Waals surface area contributed by atoms with Gasteiger partial charge in [-0.2, -0.15) is 0 Å². The van der Waals surface area contributed by atoms with E-state index in [2.05, 4.69) is 4.98 Å². The number of fused-ring (bicyclic) bond motifs is 3. The molecule has 1 aromatic heterocycles. The molecule has 7 nitrogen and oxygen atoms in total. The summed E-state index contributed by atoms with van der Waals surface area (Å²) in [6.45, 7) is 1.66. The fourth-order valence-electron chi connectivity index (χ4n) is 3.15. The van der Waals surface area contributed by atoms with Gasteiger partial charge in [-0.1, -0.05) is 6.92 Å². The highest BCUT2D eigenvalue weighted by atomic mass is 19.2. The maximum Gasteiger partial charge on any atom is 0.269 e. The van der Waals surface area contributed by atoms with E-state index in [0.29, 0.717) is 11.3 Å². The van der Waals surface area contributed by atoms with Crippen molar-refractivity contribution in [1.29, 1.82) is 0 Å². The summed E-state index contributed by atoms with van der Waals surface area (Å²) in [6.07, 6.45) is -0.0111. The Bertz CT molecular complexity index is 942. The number of benzene rings is 1. The molecule has 3 rings (SSSR count). The lowest BCUT2D eigenvalue weighted by molar-refractivity contribution is -0.154. The third-order valence-electron chi connectivity index (χ3n) is 4.74. The lowest BCUT2D eigenvalue weighted by Crippen LogP contribution is -2.55. The Balaban J connectivity index is 2.20. The van der Waals surface area contributed by atoms with Gasteiger partial charge in [0.15, 0.2) is 17.4 Å². The van der Waals surface area contributed by atoms with Crippen molar-refractivity contribution in [2.45, 2.75) is 31.7 Å². The van der Waals surface area contributed by atoms with E-state index in [0.717, 1.165) is 12.1 Å². The van der Waals surface area contributed by atoms with E-state index >= 15 is 0 Å². The molecule has 0 bridgehead atoms. The van der Waals surface area contributed by atoms with E-state index in [1.54, 1.807) is 6.92 Å². The molecule has 0 unspecified atom stereocenters. The number of aliphatic hydroxyl groups is 1. The minimum absolute atomic E-state index is 0.0111. The van der Waals surface area contributed by atoms with Crippen LogP contribution in [0.25, 0.3) is 10.8 Å². The fourth-order valence-corrected chi connectivity index (χ4v) is 3.15. The number of carbonyl (C=O) groups is 1. The molecule has 0 aliphatic carbocycles. The van der Waals surface area contributed by atoms with Gasteiger partial charge < -0.3 is 19.7 Å². The van der Waals surface area contributed by atoms with Crippen molar-refractivity contribution in [2.75, 3.05) is 13.7 Å². The molecule has 4 N–H and O–H groups in total. The van der Waals surface area contributed by atoms with Gasteiger partial charge in [-0.25, -0.2) is 8.78 Å². The van der Waals surface area contributed by atoms with Crippen molar-refractivity contribution in [3.8, 4) is 0 Å². The van der Waals surface area contributed by atoms with Gasteiger partial charge in [0.05, 0.1) is 24.6 Å². The Morgan fingerprint density at radius 2 is 2.04 bits per heavy atom. The zero-order chi connectivity index (χ0) is 19.2. The number of ether oxygens (including phenoxy) is 1. The number of nitrogens with one attached hydrogen (secondary N) is 1. The van der Waals surface area contributed by atoms with Gasteiger partial charge in [0.2, 0.25) is 0 Å². The SMILES string of the molecule is CC[C@](N)(O)C(=O)N(C)[C@H]1COCc2[nH]c(=O)c3cc(F)c(F)cc3c21. The number of nitrogens with two attached hydrogens (primary N) is 1. The number of pyridine rings is 1. The molecule has 26 heavy (non-hydrogen) atoms. The lowest BCUT2D eigenvalue weighted by Gasteiger charge is -2.36. The first-order chi connectivity index (χ1) is 12.2. The summed E-state index contributed by atoms with van der Waals surface area (Å²) in [7, 11) is 1.43. The number of rotatable bonds is 3. The van der Waals surface area contributed by atoms with E-state index in [9.17, 15) is 23.5 Å². The monoisotopic (exact) mass is 367 g/mol. The minimum atomic E-state index is -2.07. The molecule has 0 fully saturated rings. The zero-order valence-corrected chi connectivity index (χ0v) is 14.3. The molecular weight excluding hydrogens is 348 g/mol. The summed E-state index contributed by atoms with van der Waals surface area (Å²) in [5.41, 5.74) is 3.77. The maximum absolute atomic E-state index is 13.8. The highest BCUT2D eigenvalue weighted by Gasteiger charge is 2.38. The quantitative estimate of drug-likeness (QED) is 0.699. The molecule has 0 spiro atoms. The summed E-state index contributed by atoms with van der Waals surface area (Å²) in [5, 5.41) is 10.2. The van der Waals surface area contributed by atoms with E-state index in [1.807, 2.05) is 0 Å². The second kappa shape index (κ2) is 6.42. The first-order valence-corrected chi connectivity index (χ1v) is 8.07. The number of aromatic amines is 1. The summed E-state index contributed by atoms with van der Waals surface area (Å²) >= 11 is 0. The van der Waals surface area contributed by atoms with Gasteiger partial charge in [-0.3, -0.25) is 15.3 Å². The Kier molecular flexibility index (Phi) is 4.55. The largest absolute Gasteiger partial charge is 0.373 e. The molecule has 0 saturated carbocycles. The van der Waals surface area contributed by atoms with Crippen LogP contribution in [0.2, 0.25) is 0 Å². The molecule has 1 amide bonds. The number of halogens is 2. The van der Waals surface area contributed by atoms with Gasteiger partial charge in [-0.05, 0) is 23.9 Å². The number of nitrogens with zero attached hydrogens (tertiary/aromatic N) is 1. The topological polar surface area (TPSA) is 109 Å². The standard InChI is InChI=1S/C17H19F2N3O4/c1-3-17(20,25)16(24)22(2)13-7-26-6-12-14(13)8-4-10(18)11(19)5-9(8)15(23)21-12/h4-5,13,25H,3,6-7,20H2,1-2H3,(H,21,23)/t13-,17-/m0/s1. The minimum Gasteiger partial charge on any atom is -0.373 e. The van der Waals surface area contributed by atoms with Gasteiger partial charge in [0.25, 0.3) is 11.5 Å². The normalized spacial score (nSPS) is 19.1. The van der Waals surface area contributed by atoms with Crippen LogP contribution in [0.15, 0.2) is 16.9 Å². The highest BCUT2D eigenvalue weighted by Crippen LogP contribution is 2.34. The summed E-state index contributed by atoms with van der Waals surface area (Å²) in [5.74, 6) is -2.99. The smallest absolute Gasteiger partial charge is 0.269 e. The van der Waals surface area contributed by atoms with Crippen molar-refractivity contribution >= 4 is 16.7 Å². The second-order valence-corrected chi connectivity index (χ2v) is 6.38. The molecule has 2 aromatic rings. The van der Waals surface area contributed by atoms with Crippen LogP contribution in [-0.4, -0.2) is 40.3 Å². The van der Waals surface area contributed by atoms with Gasteiger partial charge in [0.1, 0.15) is 0 Å². The van der Waals surface area contributed by atoms with Crippen LogP contribution in [0.5, 0.6) is 0 Å². The number of amides is 1. The van der Waals surface area contributed by atoms with Crippen molar-refractivity contribution in [3.63, 3.8) is 0 Å². The number of hydrogen-bond donors (Lipinski definition) is 3. The average Bonchev–Trinajstić information content (AvgIpc) is 2.61. The fraction of sp³-hybridized carbons (Fsp3) is 0.412. The molecule has 1 aromatic carbocycles. The van der Waals surface area contributed by atoms with Crippen molar-refractivity contribution in [2.24, 2.45) is 5.73 Å². The molecule has 1 aliphatic rings. The van der Waals surface area contributed by atoms with Gasteiger partial charge in [-0.15, -0.1) is 0 Å². The molecule has 0 radical (unpaired) electrons. The Labute approximate surface area is 147 Å². The van der Waals surface area contributed by atoms with Crippen LogP contribution in [0.3, 0.4) is 0 Å². The van der Waals surface area contributed by atoms with E-state index in [4.69, 9.17) is 10.5 Å². The van der Waals surface area contributed by atoms with Crippen molar-refractivity contribution < 1.29 is 23.4 Å². The first-order valence-electron chi connectivity index (χ1n) is 8.07. The molecular formula is C17H19F2N3O4. The number of hydrogen-bond acceptors (Lipinski definition) is 5. The van der Waals surface area contributed by atoms with Crippen LogP contribution in [-0.2, 0) is 16.1 Å². The number of carbonyl (C=O) groups excluding carboxylic acids is 1. The number of likely N-dealkylation sites (N-methyl/N-ethyl adjacent to an activating group) is 1. The van der Waals surface area contributed by atoms with Crippen LogP contribution in [0.1, 0.15) is 30.6 Å². The Morgan fingerprint density at radius 1 is 1.42 bits per heavy atom.